The van der Waals surface area contributed by atoms with Gasteiger partial charge >= 0.3 is 17.9 Å². The van der Waals surface area contributed by atoms with E-state index < -0.39 is 17.9 Å². The van der Waals surface area contributed by atoms with Gasteiger partial charge < -0.3 is 25.2 Å². The van der Waals surface area contributed by atoms with Crippen molar-refractivity contribution >= 4 is 35.4 Å². The first-order valence-electron chi connectivity index (χ1n) is 8.58. The maximum absolute atomic E-state index is 11.7. The summed E-state index contributed by atoms with van der Waals surface area (Å²) < 4.78 is 9.21. The summed E-state index contributed by atoms with van der Waals surface area (Å²) in [4.78, 5) is 36.6. The number of carboxylic acid groups (broad SMARTS) is 1. The van der Waals surface area contributed by atoms with E-state index in [1.165, 1.54) is 20.3 Å². The predicted octanol–water partition coefficient (Wildman–Crippen LogP) is 2.33. The van der Waals surface area contributed by atoms with Gasteiger partial charge in [0.05, 0.1) is 19.8 Å². The summed E-state index contributed by atoms with van der Waals surface area (Å²) in [5, 5.41) is 9.19. The molecule has 0 radical (unpaired) electrons. The number of carbonyl (C=O) groups is 3. The lowest BCUT2D eigenvalue weighted by Gasteiger charge is -2.20. The van der Waals surface area contributed by atoms with Crippen molar-refractivity contribution in [2.75, 3.05) is 31.9 Å². The number of rotatable bonds is 7. The molecule has 0 aliphatic carbocycles. The first kappa shape index (κ1) is 21.5. The SMILES string of the molecule is COC(=O)C(=Cc1ccc(N(C)Cc2ccc(N)c(C(=O)O)c2)cc1)C(=O)OC. The van der Waals surface area contributed by atoms with Crippen LogP contribution < -0.4 is 10.6 Å². The molecule has 0 amide bonds. The third-order valence-electron chi connectivity index (χ3n) is 4.22. The zero-order chi connectivity index (χ0) is 21.6. The standard InChI is InChI=1S/C21H22N2O6/c1-23(12-14-6-9-18(22)16(11-14)19(24)25)15-7-4-13(5-8-15)10-17(20(26)28-2)21(27)29-3/h4-11H,12,22H2,1-3H3,(H,24,25). The van der Waals surface area contributed by atoms with Gasteiger partial charge in [-0.1, -0.05) is 18.2 Å². The van der Waals surface area contributed by atoms with Crippen molar-refractivity contribution in [3.05, 3.63) is 64.7 Å². The lowest BCUT2D eigenvalue weighted by atomic mass is 10.1. The number of esters is 2. The molecule has 0 atom stereocenters. The van der Waals surface area contributed by atoms with Gasteiger partial charge in [-0.15, -0.1) is 0 Å². The summed E-state index contributed by atoms with van der Waals surface area (Å²) in [5.41, 5.74) is 8.02. The summed E-state index contributed by atoms with van der Waals surface area (Å²) in [6, 6.07) is 12.0. The van der Waals surface area contributed by atoms with Gasteiger partial charge in [0.15, 0.2) is 0 Å². The van der Waals surface area contributed by atoms with Crippen molar-refractivity contribution in [1.29, 1.82) is 0 Å². The largest absolute Gasteiger partial charge is 0.478 e. The zero-order valence-electron chi connectivity index (χ0n) is 16.3. The van der Waals surface area contributed by atoms with Crippen molar-refractivity contribution in [2.45, 2.75) is 6.54 Å². The van der Waals surface area contributed by atoms with Gasteiger partial charge in [-0.05, 0) is 41.5 Å². The number of methoxy groups -OCH3 is 2. The van der Waals surface area contributed by atoms with Crippen molar-refractivity contribution in [3.63, 3.8) is 0 Å². The van der Waals surface area contributed by atoms with Crippen LogP contribution in [0.4, 0.5) is 11.4 Å². The number of hydrogen-bond donors (Lipinski definition) is 2. The average Bonchev–Trinajstić information content (AvgIpc) is 2.72. The Hall–Kier alpha value is -3.81. The molecule has 0 bridgehead atoms. The fourth-order valence-electron chi connectivity index (χ4n) is 2.66. The Kier molecular flexibility index (Phi) is 6.97. The van der Waals surface area contributed by atoms with Gasteiger partial charge in [0, 0.05) is 25.0 Å². The number of ether oxygens (including phenoxy) is 2. The van der Waals surface area contributed by atoms with Gasteiger partial charge in [0.1, 0.15) is 5.57 Å². The van der Waals surface area contributed by atoms with Gasteiger partial charge in [0.2, 0.25) is 0 Å². The predicted molar refractivity (Wildman–Crippen MR) is 108 cm³/mol. The Bertz CT molecular complexity index is 932. The summed E-state index contributed by atoms with van der Waals surface area (Å²) in [6.07, 6.45) is 1.39. The van der Waals surface area contributed by atoms with E-state index in [1.807, 2.05) is 24.1 Å². The van der Waals surface area contributed by atoms with E-state index in [0.29, 0.717) is 12.1 Å². The lowest BCUT2D eigenvalue weighted by Crippen LogP contribution is -2.17. The Labute approximate surface area is 168 Å². The molecule has 0 spiro atoms. The normalized spacial score (nSPS) is 10.0. The molecule has 0 saturated heterocycles. The van der Waals surface area contributed by atoms with Crippen LogP contribution in [-0.4, -0.2) is 44.3 Å². The molecule has 0 heterocycles. The van der Waals surface area contributed by atoms with E-state index in [0.717, 1.165) is 11.3 Å². The average molecular weight is 398 g/mol. The molecular weight excluding hydrogens is 376 g/mol. The van der Waals surface area contributed by atoms with Crippen LogP contribution in [0.3, 0.4) is 0 Å². The highest BCUT2D eigenvalue weighted by Crippen LogP contribution is 2.20. The molecule has 8 heteroatoms. The molecule has 0 aliphatic rings. The molecule has 2 rings (SSSR count). The molecule has 0 saturated carbocycles. The smallest absolute Gasteiger partial charge is 0.345 e. The first-order valence-corrected chi connectivity index (χ1v) is 8.58. The van der Waals surface area contributed by atoms with Crippen LogP contribution in [0.15, 0.2) is 48.0 Å². The Morgan fingerprint density at radius 2 is 1.62 bits per heavy atom. The molecule has 0 aromatic heterocycles. The minimum Gasteiger partial charge on any atom is -0.478 e. The number of carbonyl (C=O) groups excluding carboxylic acids is 2. The Balaban J connectivity index is 2.20. The highest BCUT2D eigenvalue weighted by molar-refractivity contribution is 6.17. The Morgan fingerprint density at radius 3 is 2.14 bits per heavy atom. The summed E-state index contributed by atoms with van der Waals surface area (Å²) >= 11 is 0. The molecule has 152 valence electrons. The van der Waals surface area contributed by atoms with Crippen molar-refractivity contribution in [2.24, 2.45) is 0 Å². The summed E-state index contributed by atoms with van der Waals surface area (Å²) in [7, 11) is 4.23. The molecule has 3 N–H and O–H groups in total. The van der Waals surface area contributed by atoms with E-state index in [4.69, 9.17) is 5.73 Å². The van der Waals surface area contributed by atoms with E-state index >= 15 is 0 Å². The van der Waals surface area contributed by atoms with Crippen molar-refractivity contribution in [1.82, 2.24) is 0 Å². The van der Waals surface area contributed by atoms with E-state index in [2.05, 4.69) is 9.47 Å². The van der Waals surface area contributed by atoms with Crippen LogP contribution in [-0.2, 0) is 25.6 Å². The van der Waals surface area contributed by atoms with Crippen LogP contribution in [0.2, 0.25) is 0 Å². The number of nitrogens with zero attached hydrogens (tertiary/aromatic N) is 1. The Morgan fingerprint density at radius 1 is 1.03 bits per heavy atom. The number of benzene rings is 2. The van der Waals surface area contributed by atoms with E-state index in [1.54, 1.807) is 30.3 Å². The summed E-state index contributed by atoms with van der Waals surface area (Å²) in [5.74, 6) is -2.64. The summed E-state index contributed by atoms with van der Waals surface area (Å²) in [6.45, 7) is 0.464. The van der Waals surface area contributed by atoms with E-state index in [9.17, 15) is 19.5 Å². The number of anilines is 2. The molecule has 0 fully saturated rings. The molecule has 0 aliphatic heterocycles. The van der Waals surface area contributed by atoms with Crippen LogP contribution in [0, 0.1) is 0 Å². The second-order valence-corrected chi connectivity index (χ2v) is 6.22. The quantitative estimate of drug-likeness (QED) is 0.240. The first-order chi connectivity index (χ1) is 13.8. The van der Waals surface area contributed by atoms with Crippen molar-refractivity contribution in [3.8, 4) is 0 Å². The minimum absolute atomic E-state index is 0.0644. The third kappa shape index (κ3) is 5.35. The maximum Gasteiger partial charge on any atom is 0.345 e. The number of hydrogen-bond acceptors (Lipinski definition) is 7. The van der Waals surface area contributed by atoms with Crippen LogP contribution in [0.5, 0.6) is 0 Å². The van der Waals surface area contributed by atoms with Gasteiger partial charge in [-0.3, -0.25) is 0 Å². The van der Waals surface area contributed by atoms with Gasteiger partial charge in [-0.2, -0.15) is 0 Å². The minimum atomic E-state index is -1.07. The number of carboxylic acids is 1. The fourth-order valence-corrected chi connectivity index (χ4v) is 2.66. The monoisotopic (exact) mass is 398 g/mol. The molecule has 2 aromatic carbocycles. The van der Waals surface area contributed by atoms with Gasteiger partial charge in [0.25, 0.3) is 0 Å². The second kappa shape index (κ2) is 9.41. The van der Waals surface area contributed by atoms with Crippen LogP contribution in [0.1, 0.15) is 21.5 Å². The van der Waals surface area contributed by atoms with Crippen molar-refractivity contribution < 1.29 is 29.0 Å². The highest BCUT2D eigenvalue weighted by Gasteiger charge is 2.19. The number of nitrogen functional groups attached to an aromatic ring is 1. The number of aromatic carboxylic acids is 1. The molecular formula is C21H22N2O6. The zero-order valence-corrected chi connectivity index (χ0v) is 16.3. The third-order valence-corrected chi connectivity index (χ3v) is 4.22. The molecule has 2 aromatic rings. The maximum atomic E-state index is 11.7. The molecule has 0 unspecified atom stereocenters. The van der Waals surface area contributed by atoms with Crippen LogP contribution in [0.25, 0.3) is 6.08 Å². The van der Waals surface area contributed by atoms with E-state index in [-0.39, 0.29) is 16.8 Å². The number of nitrogens with two attached hydrogens (primary N) is 1. The topological polar surface area (TPSA) is 119 Å². The van der Waals surface area contributed by atoms with Crippen LogP contribution >= 0.6 is 0 Å². The molecule has 8 nitrogen and oxygen atoms in total. The molecule has 29 heavy (non-hydrogen) atoms. The highest BCUT2D eigenvalue weighted by atomic mass is 16.5. The fraction of sp³-hybridized carbons (Fsp3) is 0.190. The lowest BCUT2D eigenvalue weighted by molar-refractivity contribution is -0.143. The second-order valence-electron chi connectivity index (χ2n) is 6.22. The van der Waals surface area contributed by atoms with Gasteiger partial charge in [-0.25, -0.2) is 14.4 Å².